The molecule has 0 saturated carbocycles. The van der Waals surface area contributed by atoms with Gasteiger partial charge in [-0.05, 0) is 18.1 Å². The lowest BCUT2D eigenvalue weighted by molar-refractivity contribution is 0.0944. The quantitative estimate of drug-likeness (QED) is 0.747. The summed E-state index contributed by atoms with van der Waals surface area (Å²) in [5.74, 6) is -0.0308. The summed E-state index contributed by atoms with van der Waals surface area (Å²) in [4.78, 5) is 19.9. The highest BCUT2D eigenvalue weighted by atomic mass is 16.2. The number of fused-ring (bicyclic) bond motifs is 1. The number of carbonyl (C=O) groups is 1. The SMILES string of the molecule is O=C(NCCc1cccc2cccnc12)c1ncn[nH]1. The van der Waals surface area contributed by atoms with Gasteiger partial charge in [0.25, 0.3) is 5.91 Å². The van der Waals surface area contributed by atoms with Gasteiger partial charge in [-0.15, -0.1) is 0 Å². The topological polar surface area (TPSA) is 83.6 Å². The van der Waals surface area contributed by atoms with Crippen molar-refractivity contribution in [3.8, 4) is 0 Å². The molecule has 0 atom stereocenters. The number of carbonyl (C=O) groups excluding carboxylic acids is 1. The molecule has 3 rings (SSSR count). The number of benzene rings is 1. The Labute approximate surface area is 115 Å². The van der Waals surface area contributed by atoms with Crippen LogP contribution >= 0.6 is 0 Å². The minimum Gasteiger partial charge on any atom is -0.349 e. The van der Waals surface area contributed by atoms with Gasteiger partial charge in [-0.25, -0.2) is 4.98 Å². The van der Waals surface area contributed by atoms with Crippen molar-refractivity contribution >= 4 is 16.8 Å². The average molecular weight is 267 g/mol. The predicted molar refractivity (Wildman–Crippen MR) is 74.2 cm³/mol. The first-order valence-corrected chi connectivity index (χ1v) is 6.31. The van der Waals surface area contributed by atoms with Crippen LogP contribution in [0.15, 0.2) is 42.9 Å². The van der Waals surface area contributed by atoms with E-state index < -0.39 is 0 Å². The van der Waals surface area contributed by atoms with Gasteiger partial charge in [-0.1, -0.05) is 24.3 Å². The average Bonchev–Trinajstić information content (AvgIpc) is 3.02. The highest BCUT2D eigenvalue weighted by Gasteiger charge is 2.08. The lowest BCUT2D eigenvalue weighted by Crippen LogP contribution is -2.26. The van der Waals surface area contributed by atoms with Gasteiger partial charge in [-0.3, -0.25) is 14.9 Å². The number of H-pyrrole nitrogens is 1. The molecule has 2 N–H and O–H groups in total. The number of hydrogen-bond donors (Lipinski definition) is 2. The second-order valence-electron chi connectivity index (χ2n) is 4.33. The summed E-state index contributed by atoms with van der Waals surface area (Å²) < 4.78 is 0. The van der Waals surface area contributed by atoms with E-state index in [0.717, 1.165) is 16.5 Å². The van der Waals surface area contributed by atoms with Crippen LogP contribution in [0, 0.1) is 0 Å². The highest BCUT2D eigenvalue weighted by molar-refractivity contribution is 5.90. The molecule has 0 bridgehead atoms. The molecule has 0 aliphatic carbocycles. The first-order valence-electron chi connectivity index (χ1n) is 6.31. The molecule has 6 nitrogen and oxygen atoms in total. The fourth-order valence-electron chi connectivity index (χ4n) is 2.08. The number of nitrogens with one attached hydrogen (secondary N) is 2. The third kappa shape index (κ3) is 2.49. The van der Waals surface area contributed by atoms with E-state index in [-0.39, 0.29) is 11.7 Å². The van der Waals surface area contributed by atoms with Crippen molar-refractivity contribution in [3.63, 3.8) is 0 Å². The van der Waals surface area contributed by atoms with Crippen LogP contribution in [0.5, 0.6) is 0 Å². The van der Waals surface area contributed by atoms with E-state index in [1.54, 1.807) is 6.20 Å². The molecule has 0 aliphatic heterocycles. The number of aromatic amines is 1. The minimum atomic E-state index is -0.254. The predicted octanol–water partition coefficient (Wildman–Crippen LogP) is 1.33. The zero-order valence-electron chi connectivity index (χ0n) is 10.7. The first-order chi connectivity index (χ1) is 9.84. The van der Waals surface area contributed by atoms with Crippen molar-refractivity contribution in [1.29, 1.82) is 0 Å². The van der Waals surface area contributed by atoms with E-state index in [2.05, 4.69) is 25.5 Å². The zero-order valence-corrected chi connectivity index (χ0v) is 10.7. The Kier molecular flexibility index (Phi) is 3.36. The molecule has 3 aromatic rings. The fraction of sp³-hybridized carbons (Fsp3) is 0.143. The Hall–Kier alpha value is -2.76. The van der Waals surface area contributed by atoms with Crippen LogP contribution in [0.4, 0.5) is 0 Å². The van der Waals surface area contributed by atoms with Gasteiger partial charge in [0.15, 0.2) is 0 Å². The largest absolute Gasteiger partial charge is 0.349 e. The smallest absolute Gasteiger partial charge is 0.288 e. The van der Waals surface area contributed by atoms with Crippen molar-refractivity contribution in [2.75, 3.05) is 6.54 Å². The summed E-state index contributed by atoms with van der Waals surface area (Å²) in [6, 6.07) is 9.99. The Morgan fingerprint density at radius 2 is 2.10 bits per heavy atom. The van der Waals surface area contributed by atoms with Crippen molar-refractivity contribution < 1.29 is 4.79 Å². The van der Waals surface area contributed by atoms with Gasteiger partial charge in [0.1, 0.15) is 6.33 Å². The molecule has 20 heavy (non-hydrogen) atoms. The number of para-hydroxylation sites is 1. The maximum absolute atomic E-state index is 11.7. The third-order valence-corrected chi connectivity index (χ3v) is 3.03. The molecule has 2 aromatic heterocycles. The summed E-state index contributed by atoms with van der Waals surface area (Å²) in [6.07, 6.45) is 3.80. The third-order valence-electron chi connectivity index (χ3n) is 3.03. The summed E-state index contributed by atoms with van der Waals surface area (Å²) in [5.41, 5.74) is 2.09. The molecular formula is C14H13N5O. The summed E-state index contributed by atoms with van der Waals surface area (Å²) in [6.45, 7) is 0.523. The number of hydrogen-bond acceptors (Lipinski definition) is 4. The van der Waals surface area contributed by atoms with Crippen molar-refractivity contribution in [2.24, 2.45) is 0 Å². The van der Waals surface area contributed by atoms with E-state index in [1.165, 1.54) is 6.33 Å². The van der Waals surface area contributed by atoms with Crippen LogP contribution in [0.3, 0.4) is 0 Å². The lowest BCUT2D eigenvalue weighted by atomic mass is 10.1. The van der Waals surface area contributed by atoms with Crippen LogP contribution in [0.1, 0.15) is 16.2 Å². The Morgan fingerprint density at radius 1 is 1.20 bits per heavy atom. The van der Waals surface area contributed by atoms with Crippen LogP contribution in [-0.2, 0) is 6.42 Å². The highest BCUT2D eigenvalue weighted by Crippen LogP contribution is 2.15. The van der Waals surface area contributed by atoms with Crippen molar-refractivity contribution in [1.82, 2.24) is 25.5 Å². The maximum Gasteiger partial charge on any atom is 0.288 e. The van der Waals surface area contributed by atoms with Gasteiger partial charge in [0.05, 0.1) is 5.52 Å². The van der Waals surface area contributed by atoms with Crippen LogP contribution in [0.2, 0.25) is 0 Å². The summed E-state index contributed by atoms with van der Waals surface area (Å²) >= 11 is 0. The number of amides is 1. The van der Waals surface area contributed by atoms with Gasteiger partial charge in [-0.2, -0.15) is 5.10 Å². The van der Waals surface area contributed by atoms with Crippen molar-refractivity contribution in [2.45, 2.75) is 6.42 Å². The molecule has 0 fully saturated rings. The van der Waals surface area contributed by atoms with E-state index in [9.17, 15) is 4.79 Å². The molecule has 100 valence electrons. The minimum absolute atomic E-state index is 0.223. The van der Waals surface area contributed by atoms with E-state index in [0.29, 0.717) is 13.0 Å². The van der Waals surface area contributed by atoms with Crippen molar-refractivity contribution in [3.05, 3.63) is 54.2 Å². The van der Waals surface area contributed by atoms with Crippen LogP contribution in [-0.4, -0.2) is 32.6 Å². The number of pyridine rings is 1. The Morgan fingerprint density at radius 3 is 2.95 bits per heavy atom. The molecule has 0 spiro atoms. The van der Waals surface area contributed by atoms with E-state index in [4.69, 9.17) is 0 Å². The Balaban J connectivity index is 1.67. The van der Waals surface area contributed by atoms with E-state index in [1.807, 2.05) is 30.3 Å². The van der Waals surface area contributed by atoms with E-state index >= 15 is 0 Å². The standard InChI is InChI=1S/C14H13N5O/c20-14(13-17-9-18-19-13)16-8-6-11-4-1-3-10-5-2-7-15-12(10)11/h1-5,7,9H,6,8H2,(H,16,20)(H,17,18,19). The van der Waals surface area contributed by atoms with Gasteiger partial charge in [0, 0.05) is 18.1 Å². The molecule has 1 aromatic carbocycles. The van der Waals surface area contributed by atoms with Crippen LogP contribution < -0.4 is 5.32 Å². The molecule has 0 aliphatic rings. The molecule has 6 heteroatoms. The molecular weight excluding hydrogens is 254 g/mol. The fourth-order valence-corrected chi connectivity index (χ4v) is 2.08. The monoisotopic (exact) mass is 267 g/mol. The lowest BCUT2D eigenvalue weighted by Gasteiger charge is -2.06. The number of aromatic nitrogens is 4. The number of nitrogens with zero attached hydrogens (tertiary/aromatic N) is 3. The second-order valence-corrected chi connectivity index (χ2v) is 4.33. The first kappa shape index (κ1) is 12.3. The van der Waals surface area contributed by atoms with Gasteiger partial charge in [0.2, 0.25) is 5.82 Å². The molecule has 0 radical (unpaired) electrons. The van der Waals surface area contributed by atoms with Gasteiger partial charge >= 0.3 is 0 Å². The second kappa shape index (κ2) is 5.48. The Bertz CT molecular complexity index is 718. The summed E-state index contributed by atoms with van der Waals surface area (Å²) in [7, 11) is 0. The molecule has 2 heterocycles. The number of rotatable bonds is 4. The maximum atomic E-state index is 11.7. The van der Waals surface area contributed by atoms with Crippen LogP contribution in [0.25, 0.3) is 10.9 Å². The molecule has 0 unspecified atom stereocenters. The molecule has 0 saturated heterocycles. The zero-order chi connectivity index (χ0) is 13.8. The van der Waals surface area contributed by atoms with Gasteiger partial charge < -0.3 is 5.32 Å². The normalized spacial score (nSPS) is 10.6. The summed E-state index contributed by atoms with van der Waals surface area (Å²) in [5, 5.41) is 10.1. The molecule has 1 amide bonds.